The van der Waals surface area contributed by atoms with Crippen LogP contribution in [0.3, 0.4) is 0 Å². The molecule has 7 heteroatoms. The Labute approximate surface area is 148 Å². The maximum absolute atomic E-state index is 12.5. The number of hydrazone groups is 1. The summed E-state index contributed by atoms with van der Waals surface area (Å²) in [6.07, 6.45) is 1.46. The molecule has 126 valence electrons. The Morgan fingerprint density at radius 1 is 1.20 bits per heavy atom. The van der Waals surface area contributed by atoms with E-state index in [1.807, 2.05) is 12.1 Å². The summed E-state index contributed by atoms with van der Waals surface area (Å²) in [4.78, 5) is 24.8. The van der Waals surface area contributed by atoms with E-state index in [1.54, 1.807) is 43.3 Å². The van der Waals surface area contributed by atoms with Crippen molar-refractivity contribution in [2.45, 2.75) is 13.5 Å². The molecule has 1 heterocycles. The predicted octanol–water partition coefficient (Wildman–Crippen LogP) is 2.83. The van der Waals surface area contributed by atoms with Gasteiger partial charge >= 0.3 is 0 Å². The third kappa shape index (κ3) is 3.44. The summed E-state index contributed by atoms with van der Waals surface area (Å²) in [7, 11) is 0. The molecule has 0 aliphatic rings. The molecule has 0 unspecified atom stereocenters. The summed E-state index contributed by atoms with van der Waals surface area (Å²) in [5, 5.41) is 9.55. The fourth-order valence-electron chi connectivity index (χ4n) is 2.41. The van der Waals surface area contributed by atoms with E-state index in [9.17, 15) is 9.59 Å². The van der Waals surface area contributed by atoms with Crippen molar-refractivity contribution in [2.75, 3.05) is 0 Å². The van der Waals surface area contributed by atoms with E-state index < -0.39 is 5.91 Å². The first kappa shape index (κ1) is 16.9. The van der Waals surface area contributed by atoms with Gasteiger partial charge in [-0.1, -0.05) is 48.0 Å². The second-order valence-corrected chi connectivity index (χ2v) is 5.64. The van der Waals surface area contributed by atoms with Crippen molar-refractivity contribution in [3.05, 3.63) is 75.2 Å². The molecule has 0 spiro atoms. The Morgan fingerprint density at radius 3 is 2.60 bits per heavy atom. The van der Waals surface area contributed by atoms with Gasteiger partial charge in [0.1, 0.15) is 0 Å². The van der Waals surface area contributed by atoms with Gasteiger partial charge in [-0.15, -0.1) is 0 Å². The van der Waals surface area contributed by atoms with E-state index in [2.05, 4.69) is 15.6 Å². The molecule has 2 aromatic carbocycles. The van der Waals surface area contributed by atoms with Crippen LogP contribution < -0.4 is 11.0 Å². The van der Waals surface area contributed by atoms with Crippen molar-refractivity contribution in [3.63, 3.8) is 0 Å². The summed E-state index contributed by atoms with van der Waals surface area (Å²) < 4.78 is 1.26. The molecule has 25 heavy (non-hydrogen) atoms. The number of amides is 1. The van der Waals surface area contributed by atoms with Gasteiger partial charge in [0.15, 0.2) is 5.69 Å². The molecule has 1 N–H and O–H groups in total. The molecular formula is C18H15ClN4O2. The minimum Gasteiger partial charge on any atom is -0.267 e. The fraction of sp³-hybridized carbons (Fsp3) is 0.111. The molecule has 1 aromatic heterocycles. The molecule has 3 rings (SSSR count). The third-order valence-electron chi connectivity index (χ3n) is 3.66. The third-order valence-corrected chi connectivity index (χ3v) is 4.00. The lowest BCUT2D eigenvalue weighted by Gasteiger charge is -2.08. The Bertz CT molecular complexity index is 1030. The van der Waals surface area contributed by atoms with Crippen LogP contribution in [0.4, 0.5) is 0 Å². The summed E-state index contributed by atoms with van der Waals surface area (Å²) in [5.74, 6) is -0.498. The van der Waals surface area contributed by atoms with Crippen LogP contribution in [0.5, 0.6) is 0 Å². The van der Waals surface area contributed by atoms with Crippen LogP contribution in [0.1, 0.15) is 23.0 Å². The Hall–Kier alpha value is -2.99. The largest absolute Gasteiger partial charge is 0.292 e. The first-order chi connectivity index (χ1) is 12.1. The number of benzene rings is 2. The number of aromatic nitrogens is 2. The molecular weight excluding hydrogens is 340 g/mol. The van der Waals surface area contributed by atoms with Crippen molar-refractivity contribution in [3.8, 4) is 0 Å². The molecule has 6 nitrogen and oxygen atoms in total. The number of nitrogens with zero attached hydrogens (tertiary/aromatic N) is 3. The van der Waals surface area contributed by atoms with Gasteiger partial charge in [0.2, 0.25) is 0 Å². The Kier molecular flexibility index (Phi) is 4.90. The zero-order valence-electron chi connectivity index (χ0n) is 13.4. The number of carbonyl (C=O) groups is 1. The minimum absolute atomic E-state index is 0.147. The number of rotatable bonds is 4. The molecule has 0 fully saturated rings. The molecule has 0 atom stereocenters. The van der Waals surface area contributed by atoms with Crippen molar-refractivity contribution < 1.29 is 4.79 Å². The average Bonchev–Trinajstić information content (AvgIpc) is 2.64. The van der Waals surface area contributed by atoms with Gasteiger partial charge in [0.25, 0.3) is 11.5 Å². The summed E-state index contributed by atoms with van der Waals surface area (Å²) >= 11 is 6.04. The zero-order chi connectivity index (χ0) is 17.8. The Morgan fingerprint density at radius 2 is 1.88 bits per heavy atom. The number of nitrogens with one attached hydrogen (secondary N) is 1. The van der Waals surface area contributed by atoms with Gasteiger partial charge in [-0.05, 0) is 19.1 Å². The second-order valence-electron chi connectivity index (χ2n) is 5.24. The second kappa shape index (κ2) is 7.27. The highest BCUT2D eigenvalue weighted by Gasteiger charge is 2.15. The van der Waals surface area contributed by atoms with Crippen LogP contribution in [0.15, 0.2) is 58.4 Å². The first-order valence-electron chi connectivity index (χ1n) is 7.69. The fourth-order valence-corrected chi connectivity index (χ4v) is 2.59. The van der Waals surface area contributed by atoms with Crippen molar-refractivity contribution in [2.24, 2.45) is 5.10 Å². The number of carbonyl (C=O) groups excluding carboxylic acids is 1. The summed E-state index contributed by atoms with van der Waals surface area (Å²) in [6.45, 7) is 2.16. The van der Waals surface area contributed by atoms with E-state index in [-0.39, 0.29) is 11.3 Å². The van der Waals surface area contributed by atoms with Gasteiger partial charge in [-0.3, -0.25) is 9.59 Å². The standard InChI is InChI=1S/C18H15ClN4O2/c1-2-23-18(25)14-9-5-4-8-13(14)16(22-23)17(24)21-20-11-12-7-3-6-10-15(12)19/h3-11H,2H2,1H3,(H,21,24)/b20-11-. The molecule has 0 aliphatic carbocycles. The highest BCUT2D eigenvalue weighted by molar-refractivity contribution is 6.33. The SMILES string of the molecule is CCn1nc(C(=O)N/N=C\c2ccccc2Cl)c2ccccc2c1=O. The summed E-state index contributed by atoms with van der Waals surface area (Å²) in [5.41, 5.74) is 3.03. The zero-order valence-corrected chi connectivity index (χ0v) is 14.2. The quantitative estimate of drug-likeness (QED) is 0.578. The first-order valence-corrected chi connectivity index (χ1v) is 8.07. The lowest BCUT2D eigenvalue weighted by Crippen LogP contribution is -2.28. The maximum Gasteiger partial charge on any atom is 0.292 e. The van der Waals surface area contributed by atoms with Crippen molar-refractivity contribution in [1.29, 1.82) is 0 Å². The van der Waals surface area contributed by atoms with Gasteiger partial charge < -0.3 is 0 Å². The topological polar surface area (TPSA) is 76.3 Å². The van der Waals surface area contributed by atoms with E-state index in [0.717, 1.165) is 0 Å². The predicted molar refractivity (Wildman–Crippen MR) is 98.2 cm³/mol. The van der Waals surface area contributed by atoms with Crippen LogP contribution in [0, 0.1) is 0 Å². The molecule has 0 aliphatic heterocycles. The summed E-state index contributed by atoms with van der Waals surface area (Å²) in [6, 6.07) is 14.0. The highest BCUT2D eigenvalue weighted by atomic mass is 35.5. The van der Waals surface area contributed by atoms with Gasteiger partial charge in [0.05, 0.1) is 11.6 Å². The molecule has 1 amide bonds. The molecule has 3 aromatic rings. The van der Waals surface area contributed by atoms with E-state index in [1.165, 1.54) is 10.9 Å². The van der Waals surface area contributed by atoms with Gasteiger partial charge in [0, 0.05) is 22.5 Å². The van der Waals surface area contributed by atoms with Gasteiger partial charge in [-0.2, -0.15) is 10.2 Å². The van der Waals surface area contributed by atoms with E-state index >= 15 is 0 Å². The number of fused-ring (bicyclic) bond motifs is 1. The number of aryl methyl sites for hydroxylation is 1. The number of halogens is 1. The number of hydrogen-bond donors (Lipinski definition) is 1. The molecule has 0 bridgehead atoms. The lowest BCUT2D eigenvalue weighted by atomic mass is 10.1. The lowest BCUT2D eigenvalue weighted by molar-refractivity contribution is 0.0949. The number of hydrogen-bond acceptors (Lipinski definition) is 4. The smallest absolute Gasteiger partial charge is 0.267 e. The van der Waals surface area contributed by atoms with Gasteiger partial charge in [-0.25, -0.2) is 10.1 Å². The van der Waals surface area contributed by atoms with Crippen LogP contribution in [0.25, 0.3) is 10.8 Å². The molecule has 0 saturated carbocycles. The van der Waals surface area contributed by atoms with E-state index in [0.29, 0.717) is 27.9 Å². The van der Waals surface area contributed by atoms with Crippen LogP contribution in [-0.4, -0.2) is 21.9 Å². The van der Waals surface area contributed by atoms with Crippen LogP contribution in [0.2, 0.25) is 5.02 Å². The van der Waals surface area contributed by atoms with Crippen LogP contribution >= 0.6 is 11.6 Å². The average molecular weight is 355 g/mol. The van der Waals surface area contributed by atoms with Crippen LogP contribution in [-0.2, 0) is 6.54 Å². The Balaban J connectivity index is 1.94. The molecule has 0 radical (unpaired) electrons. The maximum atomic E-state index is 12.5. The van der Waals surface area contributed by atoms with Crippen molar-refractivity contribution in [1.82, 2.24) is 15.2 Å². The molecule has 0 saturated heterocycles. The van der Waals surface area contributed by atoms with Crippen molar-refractivity contribution >= 4 is 34.5 Å². The monoisotopic (exact) mass is 354 g/mol. The minimum atomic E-state index is -0.498. The van der Waals surface area contributed by atoms with E-state index in [4.69, 9.17) is 11.6 Å². The normalized spacial score (nSPS) is 11.1. The highest BCUT2D eigenvalue weighted by Crippen LogP contribution is 2.14.